The average molecular weight is 481 g/mol. The average Bonchev–Trinajstić information content (AvgIpc) is 2.56. The van der Waals surface area contributed by atoms with Crippen molar-refractivity contribution in [3.8, 4) is 0 Å². The number of carbonyl (C=O) groups excluding carboxylic acids is 1. The van der Waals surface area contributed by atoms with Crippen LogP contribution in [0.2, 0.25) is 0 Å². The van der Waals surface area contributed by atoms with Crippen molar-refractivity contribution in [1.82, 2.24) is 9.34 Å². The number of hydrogen-bond acceptors (Lipinski definition) is 6. The molecule has 0 radical (unpaired) electrons. The summed E-state index contributed by atoms with van der Waals surface area (Å²) in [6, 6.07) is 1.68. The summed E-state index contributed by atoms with van der Waals surface area (Å²) in [5, 5.41) is 0.271. The third kappa shape index (κ3) is 11.0. The molecule has 0 aliphatic carbocycles. The molecule has 0 aromatic rings. The van der Waals surface area contributed by atoms with Crippen LogP contribution in [0, 0.1) is 0 Å². The van der Waals surface area contributed by atoms with E-state index in [0.717, 1.165) is 5.75 Å². The molecule has 0 fully saturated rings. The predicted molar refractivity (Wildman–Crippen MR) is 141 cm³/mol. The first kappa shape index (κ1) is 30.7. The fourth-order valence-electron chi connectivity index (χ4n) is 3.27. The normalized spacial score (nSPS) is 13.9. The molecule has 0 aliphatic heterocycles. The summed E-state index contributed by atoms with van der Waals surface area (Å²) in [5.74, 6) is 0.924. The van der Waals surface area contributed by atoms with Gasteiger partial charge in [-0.3, -0.25) is 4.79 Å². The Bertz CT molecular complexity index is 475. The van der Waals surface area contributed by atoms with E-state index in [1.165, 1.54) is 11.8 Å². The number of carbonyl (C=O) groups is 1. The second-order valence-corrected chi connectivity index (χ2v) is 15.4. The van der Waals surface area contributed by atoms with Gasteiger partial charge >= 0.3 is 0 Å². The third-order valence-electron chi connectivity index (χ3n) is 4.53. The standard InChI is InChI=1S/C23H49N2O2PS2/c1-14-21(26)30-23(12,13)16-29-22(10,11)15-27-28(24(17(2)3)18(4)5)25(19(6)7)20(8)9/h17-20H,14-16H2,1-13H3. The molecule has 0 unspecified atom stereocenters. The molecule has 0 rings (SSSR count). The van der Waals surface area contributed by atoms with Gasteiger partial charge in [-0.2, -0.15) is 11.8 Å². The van der Waals surface area contributed by atoms with E-state index < -0.39 is 8.45 Å². The molecule has 0 saturated carbocycles. The number of hydrogen-bond donors (Lipinski definition) is 0. The van der Waals surface area contributed by atoms with Crippen LogP contribution in [0.1, 0.15) is 96.4 Å². The van der Waals surface area contributed by atoms with Crippen molar-refractivity contribution in [3.63, 3.8) is 0 Å². The van der Waals surface area contributed by atoms with Gasteiger partial charge in [0.1, 0.15) is 0 Å². The summed E-state index contributed by atoms with van der Waals surface area (Å²) >= 11 is 3.39. The topological polar surface area (TPSA) is 32.8 Å². The lowest BCUT2D eigenvalue weighted by atomic mass is 10.2. The molecule has 0 atom stereocenters. The van der Waals surface area contributed by atoms with E-state index >= 15 is 0 Å². The van der Waals surface area contributed by atoms with Crippen molar-refractivity contribution in [2.24, 2.45) is 0 Å². The highest BCUT2D eigenvalue weighted by Crippen LogP contribution is 2.52. The van der Waals surface area contributed by atoms with Crippen LogP contribution in [0.15, 0.2) is 0 Å². The van der Waals surface area contributed by atoms with Crippen molar-refractivity contribution < 1.29 is 9.32 Å². The molecule has 0 heterocycles. The highest BCUT2D eigenvalue weighted by atomic mass is 32.2. The van der Waals surface area contributed by atoms with Gasteiger partial charge in [-0.1, -0.05) is 18.7 Å². The van der Waals surface area contributed by atoms with Gasteiger partial charge in [-0.25, -0.2) is 9.34 Å². The van der Waals surface area contributed by atoms with Crippen LogP contribution in [0.25, 0.3) is 0 Å². The monoisotopic (exact) mass is 480 g/mol. The Hall–Kier alpha value is 0.680. The maximum Gasteiger partial charge on any atom is 0.189 e. The second-order valence-electron chi connectivity index (χ2n) is 10.3. The Kier molecular flexibility index (Phi) is 13.7. The smallest absolute Gasteiger partial charge is 0.189 e. The van der Waals surface area contributed by atoms with E-state index in [1.807, 2.05) is 18.7 Å². The van der Waals surface area contributed by atoms with Crippen LogP contribution < -0.4 is 0 Å². The van der Waals surface area contributed by atoms with Gasteiger partial charge in [0.2, 0.25) is 0 Å². The molecule has 0 spiro atoms. The van der Waals surface area contributed by atoms with Gasteiger partial charge in [-0.15, -0.1) is 0 Å². The van der Waals surface area contributed by atoms with Crippen molar-refractivity contribution in [1.29, 1.82) is 0 Å². The minimum Gasteiger partial charge on any atom is -0.330 e. The largest absolute Gasteiger partial charge is 0.330 e. The molecule has 0 aliphatic rings. The van der Waals surface area contributed by atoms with Gasteiger partial charge in [0.05, 0.1) is 6.61 Å². The second kappa shape index (κ2) is 13.4. The van der Waals surface area contributed by atoms with E-state index in [1.54, 1.807) is 0 Å². The summed E-state index contributed by atoms with van der Waals surface area (Å²) in [6.45, 7) is 29.6. The summed E-state index contributed by atoms with van der Waals surface area (Å²) < 4.78 is 11.8. The van der Waals surface area contributed by atoms with Gasteiger partial charge in [0.25, 0.3) is 0 Å². The van der Waals surface area contributed by atoms with Crippen LogP contribution in [0.5, 0.6) is 0 Å². The van der Waals surface area contributed by atoms with Crippen LogP contribution in [-0.4, -0.2) is 60.5 Å². The van der Waals surface area contributed by atoms with Crippen molar-refractivity contribution in [2.75, 3.05) is 12.4 Å². The first-order valence-electron chi connectivity index (χ1n) is 11.4. The van der Waals surface area contributed by atoms with Crippen molar-refractivity contribution >= 4 is 37.1 Å². The maximum absolute atomic E-state index is 11.9. The Morgan fingerprint density at radius 3 is 1.57 bits per heavy atom. The molecule has 0 aromatic carbocycles. The van der Waals surface area contributed by atoms with Crippen LogP contribution in [-0.2, 0) is 9.32 Å². The Morgan fingerprint density at radius 1 is 0.833 bits per heavy atom. The Balaban J connectivity index is 5.38. The van der Waals surface area contributed by atoms with Crippen molar-refractivity contribution in [2.45, 2.75) is 130 Å². The number of nitrogens with zero attached hydrogens (tertiary/aromatic N) is 2. The Morgan fingerprint density at radius 2 is 1.23 bits per heavy atom. The van der Waals surface area contributed by atoms with E-state index in [4.69, 9.17) is 4.52 Å². The Labute approximate surface area is 198 Å². The molecule has 7 heteroatoms. The molecule has 0 amide bonds. The SMILES string of the molecule is CCC(=O)SC(C)(C)CSC(C)(C)COP(N(C(C)C)C(C)C)N(C(C)C)C(C)C. The number of thioether (sulfide) groups is 2. The van der Waals surface area contributed by atoms with E-state index in [0.29, 0.717) is 37.2 Å². The van der Waals surface area contributed by atoms with E-state index in [-0.39, 0.29) is 14.6 Å². The van der Waals surface area contributed by atoms with Gasteiger partial charge in [-0.05, 0) is 83.1 Å². The lowest BCUT2D eigenvalue weighted by Gasteiger charge is -2.46. The lowest BCUT2D eigenvalue weighted by Crippen LogP contribution is -2.44. The zero-order valence-corrected chi connectivity index (χ0v) is 24.4. The zero-order chi connectivity index (χ0) is 23.9. The minimum absolute atomic E-state index is 0.0209. The van der Waals surface area contributed by atoms with Gasteiger partial charge in [0, 0.05) is 45.8 Å². The van der Waals surface area contributed by atoms with Gasteiger partial charge < -0.3 is 4.52 Å². The molecule has 0 saturated heterocycles. The fourth-order valence-corrected chi connectivity index (χ4v) is 7.93. The van der Waals surface area contributed by atoms with E-state index in [2.05, 4.69) is 92.4 Å². The molecular formula is C23H49N2O2PS2. The molecule has 0 bridgehead atoms. The highest BCUT2D eigenvalue weighted by molar-refractivity contribution is 8.15. The molecular weight excluding hydrogens is 431 g/mol. The maximum atomic E-state index is 11.9. The lowest BCUT2D eigenvalue weighted by molar-refractivity contribution is -0.110. The summed E-state index contributed by atoms with van der Waals surface area (Å²) in [7, 11) is -0.871. The predicted octanol–water partition coefficient (Wildman–Crippen LogP) is 7.43. The molecule has 0 aromatic heterocycles. The zero-order valence-electron chi connectivity index (χ0n) is 21.9. The van der Waals surface area contributed by atoms with Gasteiger partial charge in [0.15, 0.2) is 13.6 Å². The van der Waals surface area contributed by atoms with E-state index in [9.17, 15) is 4.79 Å². The summed E-state index contributed by atoms with van der Waals surface area (Å²) in [4.78, 5) is 11.9. The van der Waals surface area contributed by atoms with Crippen LogP contribution in [0.4, 0.5) is 0 Å². The van der Waals surface area contributed by atoms with Crippen LogP contribution in [0.3, 0.4) is 0 Å². The summed E-state index contributed by atoms with van der Waals surface area (Å²) in [5.41, 5.74) is 0. The third-order valence-corrected chi connectivity index (χ3v) is 10.7. The first-order chi connectivity index (χ1) is 13.5. The first-order valence-corrected chi connectivity index (χ1v) is 14.4. The molecule has 30 heavy (non-hydrogen) atoms. The summed E-state index contributed by atoms with van der Waals surface area (Å²) in [6.07, 6.45) is 0.593. The quantitative estimate of drug-likeness (QED) is 0.240. The molecule has 4 nitrogen and oxygen atoms in total. The fraction of sp³-hybridized carbons (Fsp3) is 0.957. The number of rotatable bonds is 14. The minimum atomic E-state index is -0.871. The van der Waals surface area contributed by atoms with Crippen LogP contribution >= 0.6 is 32.0 Å². The molecule has 180 valence electrons. The molecule has 0 N–H and O–H groups in total. The highest BCUT2D eigenvalue weighted by Gasteiger charge is 2.36. The van der Waals surface area contributed by atoms with Crippen molar-refractivity contribution in [3.05, 3.63) is 0 Å².